The third kappa shape index (κ3) is 2.68. The Morgan fingerprint density at radius 1 is 1.20 bits per heavy atom. The number of rotatable bonds is 2. The lowest BCUT2D eigenvalue weighted by atomic mass is 9.95. The second-order valence-corrected chi connectivity index (χ2v) is 6.33. The van der Waals surface area contributed by atoms with Gasteiger partial charge in [-0.05, 0) is 32.1 Å². The van der Waals surface area contributed by atoms with Crippen LogP contribution in [-0.2, 0) is 14.3 Å². The molecule has 2 amide bonds. The van der Waals surface area contributed by atoms with Crippen LogP contribution in [0.5, 0.6) is 0 Å². The first-order valence-electron chi connectivity index (χ1n) is 7.92. The lowest BCUT2D eigenvalue weighted by molar-refractivity contribution is -0.140. The minimum atomic E-state index is -0.609. The van der Waals surface area contributed by atoms with Gasteiger partial charge in [-0.15, -0.1) is 0 Å². The Balaban J connectivity index is 1.72. The van der Waals surface area contributed by atoms with Crippen molar-refractivity contribution in [3.05, 3.63) is 0 Å². The van der Waals surface area contributed by atoms with Crippen LogP contribution in [0.1, 0.15) is 51.4 Å². The fraction of sp³-hybridized carbons (Fsp3) is 0.867. The number of nitrogens with zero attached hydrogens (tertiary/aromatic N) is 1. The fourth-order valence-corrected chi connectivity index (χ4v) is 3.71. The Labute approximate surface area is 120 Å². The Morgan fingerprint density at radius 3 is 2.70 bits per heavy atom. The van der Waals surface area contributed by atoms with Gasteiger partial charge in [0.05, 0.1) is 6.10 Å². The Morgan fingerprint density at radius 2 is 2.00 bits per heavy atom. The first-order chi connectivity index (χ1) is 9.70. The van der Waals surface area contributed by atoms with Gasteiger partial charge in [0.15, 0.2) is 0 Å². The van der Waals surface area contributed by atoms with Crippen LogP contribution in [0.3, 0.4) is 0 Å². The molecule has 2 saturated heterocycles. The van der Waals surface area contributed by atoms with Gasteiger partial charge in [0.25, 0.3) is 0 Å². The van der Waals surface area contributed by atoms with E-state index in [1.165, 1.54) is 6.42 Å². The quantitative estimate of drug-likeness (QED) is 0.827. The summed E-state index contributed by atoms with van der Waals surface area (Å²) in [5, 5.41) is 3.00. The molecule has 112 valence electrons. The highest BCUT2D eigenvalue weighted by Gasteiger charge is 2.46. The van der Waals surface area contributed by atoms with Crippen LogP contribution in [0.2, 0.25) is 0 Å². The van der Waals surface area contributed by atoms with Crippen molar-refractivity contribution in [2.75, 3.05) is 19.7 Å². The minimum absolute atomic E-state index is 0.0207. The summed E-state index contributed by atoms with van der Waals surface area (Å²) in [6.45, 7) is 1.98. The first kappa shape index (κ1) is 13.9. The maximum atomic E-state index is 12.8. The predicted octanol–water partition coefficient (Wildman–Crippen LogP) is 1.22. The van der Waals surface area contributed by atoms with Gasteiger partial charge in [-0.25, -0.2) is 0 Å². The van der Waals surface area contributed by atoms with Crippen LogP contribution < -0.4 is 5.32 Å². The van der Waals surface area contributed by atoms with E-state index in [-0.39, 0.29) is 17.9 Å². The summed E-state index contributed by atoms with van der Waals surface area (Å²) in [5.74, 6) is 0.141. The summed E-state index contributed by atoms with van der Waals surface area (Å²) in [6.07, 6.45) is 7.53. The van der Waals surface area contributed by atoms with Crippen molar-refractivity contribution in [2.45, 2.75) is 63.0 Å². The highest BCUT2D eigenvalue weighted by Crippen LogP contribution is 2.33. The molecule has 2 aliphatic heterocycles. The SMILES string of the molecule is O=C1CCN(CC2CCCCO2)C(=O)C2(CCCC2)N1. The fourth-order valence-electron chi connectivity index (χ4n) is 3.71. The number of carbonyl (C=O) groups is 2. The number of carbonyl (C=O) groups excluding carboxylic acids is 2. The van der Waals surface area contributed by atoms with E-state index >= 15 is 0 Å². The molecule has 1 unspecified atom stereocenters. The lowest BCUT2D eigenvalue weighted by Crippen LogP contribution is -2.56. The molecule has 1 atom stereocenters. The van der Waals surface area contributed by atoms with Gasteiger partial charge in [0.1, 0.15) is 5.54 Å². The van der Waals surface area contributed by atoms with E-state index < -0.39 is 5.54 Å². The number of hydrogen-bond donors (Lipinski definition) is 1. The van der Waals surface area contributed by atoms with Crippen LogP contribution in [0, 0.1) is 0 Å². The molecule has 5 nitrogen and oxygen atoms in total. The highest BCUT2D eigenvalue weighted by atomic mass is 16.5. The van der Waals surface area contributed by atoms with Crippen molar-refractivity contribution in [1.29, 1.82) is 0 Å². The van der Waals surface area contributed by atoms with E-state index in [0.717, 1.165) is 45.1 Å². The third-order valence-corrected chi connectivity index (χ3v) is 4.84. The number of ether oxygens (including phenoxy) is 1. The molecule has 0 radical (unpaired) electrons. The molecule has 1 saturated carbocycles. The van der Waals surface area contributed by atoms with Gasteiger partial charge in [-0.1, -0.05) is 12.8 Å². The molecule has 3 aliphatic rings. The van der Waals surface area contributed by atoms with Crippen LogP contribution in [0.15, 0.2) is 0 Å². The Bertz CT molecular complexity index is 385. The standard InChI is InChI=1S/C15H24N2O3/c18-13-6-9-17(11-12-5-1-4-10-20-12)14(19)15(16-13)7-2-3-8-15/h12H,1-11H2,(H,16,18). The van der Waals surface area contributed by atoms with Gasteiger partial charge in [-0.2, -0.15) is 0 Å². The van der Waals surface area contributed by atoms with E-state index in [0.29, 0.717) is 19.5 Å². The van der Waals surface area contributed by atoms with Gasteiger partial charge in [0, 0.05) is 26.1 Å². The van der Waals surface area contributed by atoms with E-state index in [4.69, 9.17) is 4.74 Å². The molecule has 3 rings (SSSR count). The van der Waals surface area contributed by atoms with Crippen LogP contribution in [0.25, 0.3) is 0 Å². The maximum absolute atomic E-state index is 12.8. The van der Waals surface area contributed by atoms with Crippen LogP contribution >= 0.6 is 0 Å². The summed E-state index contributed by atoms with van der Waals surface area (Å²) < 4.78 is 5.75. The third-order valence-electron chi connectivity index (χ3n) is 4.84. The van der Waals surface area contributed by atoms with Crippen molar-refractivity contribution in [3.8, 4) is 0 Å². The van der Waals surface area contributed by atoms with Gasteiger partial charge >= 0.3 is 0 Å². The van der Waals surface area contributed by atoms with Crippen molar-refractivity contribution in [3.63, 3.8) is 0 Å². The zero-order valence-electron chi connectivity index (χ0n) is 12.0. The number of amides is 2. The average Bonchev–Trinajstić information content (AvgIpc) is 2.89. The Hall–Kier alpha value is -1.10. The molecule has 1 aliphatic carbocycles. The summed E-state index contributed by atoms with van der Waals surface area (Å²) in [7, 11) is 0. The molecular formula is C15H24N2O3. The molecule has 2 heterocycles. The molecule has 5 heteroatoms. The van der Waals surface area contributed by atoms with E-state index in [9.17, 15) is 9.59 Å². The molecule has 20 heavy (non-hydrogen) atoms. The van der Waals surface area contributed by atoms with E-state index in [1.807, 2.05) is 4.90 Å². The molecule has 0 aromatic rings. The molecule has 3 fully saturated rings. The molecule has 0 aromatic carbocycles. The number of nitrogens with one attached hydrogen (secondary N) is 1. The van der Waals surface area contributed by atoms with Gasteiger partial charge in [0.2, 0.25) is 11.8 Å². The monoisotopic (exact) mass is 280 g/mol. The molecule has 0 bridgehead atoms. The molecular weight excluding hydrogens is 256 g/mol. The van der Waals surface area contributed by atoms with Crippen LogP contribution in [0.4, 0.5) is 0 Å². The molecule has 0 aromatic heterocycles. The van der Waals surface area contributed by atoms with E-state index in [1.54, 1.807) is 0 Å². The smallest absolute Gasteiger partial charge is 0.248 e. The van der Waals surface area contributed by atoms with Crippen LogP contribution in [-0.4, -0.2) is 48.1 Å². The topological polar surface area (TPSA) is 58.6 Å². The van der Waals surface area contributed by atoms with Gasteiger partial charge < -0.3 is 15.0 Å². The molecule has 1 spiro atoms. The number of hydrogen-bond acceptors (Lipinski definition) is 3. The summed E-state index contributed by atoms with van der Waals surface area (Å²) in [6, 6.07) is 0. The van der Waals surface area contributed by atoms with Crippen molar-refractivity contribution in [2.24, 2.45) is 0 Å². The van der Waals surface area contributed by atoms with Crippen molar-refractivity contribution >= 4 is 11.8 Å². The lowest BCUT2D eigenvalue weighted by Gasteiger charge is -2.34. The minimum Gasteiger partial charge on any atom is -0.376 e. The Kier molecular flexibility index (Phi) is 3.96. The zero-order valence-corrected chi connectivity index (χ0v) is 12.0. The van der Waals surface area contributed by atoms with E-state index in [2.05, 4.69) is 5.32 Å². The average molecular weight is 280 g/mol. The van der Waals surface area contributed by atoms with Crippen molar-refractivity contribution in [1.82, 2.24) is 10.2 Å². The summed E-state index contributed by atoms with van der Waals surface area (Å²) in [4.78, 5) is 26.6. The maximum Gasteiger partial charge on any atom is 0.248 e. The zero-order chi connectivity index (χ0) is 14.0. The summed E-state index contributed by atoms with van der Waals surface area (Å²) in [5.41, 5.74) is -0.609. The summed E-state index contributed by atoms with van der Waals surface area (Å²) >= 11 is 0. The second-order valence-electron chi connectivity index (χ2n) is 6.33. The normalized spacial score (nSPS) is 30.4. The van der Waals surface area contributed by atoms with Gasteiger partial charge in [-0.3, -0.25) is 9.59 Å². The first-order valence-corrected chi connectivity index (χ1v) is 7.92. The second kappa shape index (κ2) is 5.72. The highest BCUT2D eigenvalue weighted by molar-refractivity contribution is 5.93. The molecule has 1 N–H and O–H groups in total. The predicted molar refractivity (Wildman–Crippen MR) is 74.1 cm³/mol. The van der Waals surface area contributed by atoms with Crippen molar-refractivity contribution < 1.29 is 14.3 Å². The largest absolute Gasteiger partial charge is 0.376 e.